The molecule has 5 rings (SSSR count). The summed E-state index contributed by atoms with van der Waals surface area (Å²) in [7, 11) is 0. The number of hydrogen-bond acceptors (Lipinski definition) is 7. The summed E-state index contributed by atoms with van der Waals surface area (Å²) >= 11 is 0. The van der Waals surface area contributed by atoms with Gasteiger partial charge in [0.25, 0.3) is 0 Å². The number of para-hydroxylation sites is 1. The number of fused-ring (bicyclic) bond motifs is 4. The van der Waals surface area contributed by atoms with E-state index in [2.05, 4.69) is 30.0 Å². The highest BCUT2D eigenvalue weighted by molar-refractivity contribution is 6.05. The summed E-state index contributed by atoms with van der Waals surface area (Å²) in [5.41, 5.74) is 2.26. The molecule has 0 unspecified atom stereocenters. The molecule has 0 amide bonds. The van der Waals surface area contributed by atoms with Gasteiger partial charge in [0.15, 0.2) is 23.0 Å². The van der Waals surface area contributed by atoms with E-state index in [1.807, 2.05) is 24.3 Å². The first-order valence-corrected chi connectivity index (χ1v) is 7.75. The van der Waals surface area contributed by atoms with Crippen LogP contribution in [0.1, 0.15) is 11.6 Å². The zero-order chi connectivity index (χ0) is 15.9. The number of nitrogens with one attached hydrogen (secondary N) is 1. The standard InChI is InChI=1S/C16H14N6O2/c1-2-4-11-10(3-1)14-15(24-11)16(19-9-18-14)17-7-12-20-21-13-8-23-6-5-22(12)13/h1-4,9H,5-8H2,(H,17,18,19). The van der Waals surface area contributed by atoms with Crippen molar-refractivity contribution in [3.63, 3.8) is 0 Å². The third-order valence-corrected chi connectivity index (χ3v) is 4.17. The average molecular weight is 322 g/mol. The highest BCUT2D eigenvalue weighted by Gasteiger charge is 2.17. The fourth-order valence-electron chi connectivity index (χ4n) is 3.00. The van der Waals surface area contributed by atoms with E-state index in [9.17, 15) is 0 Å². The van der Waals surface area contributed by atoms with Crippen molar-refractivity contribution in [3.05, 3.63) is 42.2 Å². The minimum atomic E-state index is 0.508. The van der Waals surface area contributed by atoms with Gasteiger partial charge in [0, 0.05) is 11.9 Å². The molecule has 1 aliphatic heterocycles. The highest BCUT2D eigenvalue weighted by Crippen LogP contribution is 2.30. The van der Waals surface area contributed by atoms with E-state index in [0.29, 0.717) is 31.2 Å². The molecule has 1 aromatic carbocycles. The Balaban J connectivity index is 1.50. The molecule has 3 aromatic heterocycles. The van der Waals surface area contributed by atoms with Gasteiger partial charge in [-0.05, 0) is 12.1 Å². The van der Waals surface area contributed by atoms with Crippen LogP contribution in [0.25, 0.3) is 22.1 Å². The van der Waals surface area contributed by atoms with Gasteiger partial charge >= 0.3 is 0 Å². The topological polar surface area (TPSA) is 90.9 Å². The number of anilines is 1. The molecule has 0 saturated heterocycles. The molecule has 4 aromatic rings. The highest BCUT2D eigenvalue weighted by atomic mass is 16.5. The molecule has 1 aliphatic rings. The molecule has 0 spiro atoms. The SMILES string of the molecule is c1ccc2c(c1)oc1c(NCc3nnc4n3CCOC4)ncnc12. The molecule has 0 atom stereocenters. The van der Waals surface area contributed by atoms with Crippen molar-refractivity contribution in [1.29, 1.82) is 0 Å². The maximum absolute atomic E-state index is 5.92. The second-order valence-electron chi connectivity index (χ2n) is 5.59. The van der Waals surface area contributed by atoms with Crippen LogP contribution in [-0.2, 0) is 24.4 Å². The molecule has 0 fully saturated rings. The summed E-state index contributed by atoms with van der Waals surface area (Å²) in [6, 6.07) is 7.83. The van der Waals surface area contributed by atoms with E-state index in [0.717, 1.165) is 34.7 Å². The summed E-state index contributed by atoms with van der Waals surface area (Å²) in [5, 5.41) is 12.7. The molecule has 0 bridgehead atoms. The zero-order valence-electron chi connectivity index (χ0n) is 12.8. The van der Waals surface area contributed by atoms with Crippen LogP contribution in [0.4, 0.5) is 5.82 Å². The van der Waals surface area contributed by atoms with Gasteiger partial charge in [0.1, 0.15) is 24.0 Å². The molecule has 24 heavy (non-hydrogen) atoms. The second kappa shape index (κ2) is 5.27. The second-order valence-corrected chi connectivity index (χ2v) is 5.59. The third-order valence-electron chi connectivity index (χ3n) is 4.17. The Morgan fingerprint density at radius 1 is 1.17 bits per heavy atom. The fourth-order valence-corrected chi connectivity index (χ4v) is 3.00. The van der Waals surface area contributed by atoms with Crippen LogP contribution >= 0.6 is 0 Å². The molecule has 8 nitrogen and oxygen atoms in total. The number of benzene rings is 1. The van der Waals surface area contributed by atoms with E-state index >= 15 is 0 Å². The van der Waals surface area contributed by atoms with Gasteiger partial charge in [-0.25, -0.2) is 9.97 Å². The van der Waals surface area contributed by atoms with Crippen LogP contribution < -0.4 is 5.32 Å². The predicted octanol–water partition coefficient (Wildman–Crippen LogP) is 2.11. The lowest BCUT2D eigenvalue weighted by Gasteiger charge is -2.15. The van der Waals surface area contributed by atoms with Crippen LogP contribution in [0, 0.1) is 0 Å². The molecule has 1 N–H and O–H groups in total. The lowest BCUT2D eigenvalue weighted by Crippen LogP contribution is -2.20. The summed E-state index contributed by atoms with van der Waals surface area (Å²) in [5.74, 6) is 2.37. The van der Waals surface area contributed by atoms with Gasteiger partial charge < -0.3 is 19.0 Å². The maximum Gasteiger partial charge on any atom is 0.196 e. The Kier molecular flexibility index (Phi) is 2.95. The minimum Gasteiger partial charge on any atom is -0.450 e. The molecular formula is C16H14N6O2. The summed E-state index contributed by atoms with van der Waals surface area (Å²) in [4.78, 5) is 8.67. The van der Waals surface area contributed by atoms with Crippen molar-refractivity contribution in [3.8, 4) is 0 Å². The van der Waals surface area contributed by atoms with E-state index in [1.165, 1.54) is 0 Å². The normalized spacial score (nSPS) is 14.2. The monoisotopic (exact) mass is 322 g/mol. The van der Waals surface area contributed by atoms with Gasteiger partial charge in [0.2, 0.25) is 0 Å². The fraction of sp³-hybridized carbons (Fsp3) is 0.250. The van der Waals surface area contributed by atoms with Crippen LogP contribution in [0.15, 0.2) is 35.0 Å². The number of ether oxygens (including phenoxy) is 1. The van der Waals surface area contributed by atoms with E-state index in [4.69, 9.17) is 9.15 Å². The maximum atomic E-state index is 5.92. The van der Waals surface area contributed by atoms with Crippen molar-refractivity contribution < 1.29 is 9.15 Å². The number of rotatable bonds is 3. The van der Waals surface area contributed by atoms with Gasteiger partial charge in [-0.3, -0.25) is 0 Å². The van der Waals surface area contributed by atoms with E-state index < -0.39 is 0 Å². The molecule has 0 aliphatic carbocycles. The summed E-state index contributed by atoms with van der Waals surface area (Å²) in [6.07, 6.45) is 1.54. The van der Waals surface area contributed by atoms with Crippen LogP contribution in [-0.4, -0.2) is 31.3 Å². The first-order chi connectivity index (χ1) is 11.9. The Bertz CT molecular complexity index is 1040. The molecule has 120 valence electrons. The third kappa shape index (κ3) is 2.04. The van der Waals surface area contributed by atoms with Gasteiger partial charge in [-0.2, -0.15) is 0 Å². The van der Waals surface area contributed by atoms with Crippen molar-refractivity contribution >= 4 is 27.9 Å². The van der Waals surface area contributed by atoms with Gasteiger partial charge in [-0.1, -0.05) is 12.1 Å². The molecule has 4 heterocycles. The van der Waals surface area contributed by atoms with Crippen molar-refractivity contribution in [2.75, 3.05) is 11.9 Å². The quantitative estimate of drug-likeness (QED) is 0.617. The lowest BCUT2D eigenvalue weighted by atomic mass is 10.2. The molecule has 0 saturated carbocycles. The Morgan fingerprint density at radius 3 is 3.12 bits per heavy atom. The average Bonchev–Trinajstić information content (AvgIpc) is 3.21. The number of aromatic nitrogens is 5. The van der Waals surface area contributed by atoms with E-state index in [1.54, 1.807) is 6.33 Å². The Morgan fingerprint density at radius 2 is 2.12 bits per heavy atom. The van der Waals surface area contributed by atoms with E-state index in [-0.39, 0.29) is 0 Å². The Hall–Kier alpha value is -3.00. The Labute approximate surface area is 136 Å². The molecule has 8 heteroatoms. The largest absolute Gasteiger partial charge is 0.450 e. The van der Waals surface area contributed by atoms with Crippen LogP contribution in [0.5, 0.6) is 0 Å². The van der Waals surface area contributed by atoms with Crippen molar-refractivity contribution in [1.82, 2.24) is 24.7 Å². The minimum absolute atomic E-state index is 0.508. The van der Waals surface area contributed by atoms with Gasteiger partial charge in [0.05, 0.1) is 13.2 Å². The number of nitrogens with zero attached hydrogens (tertiary/aromatic N) is 5. The molecule has 0 radical (unpaired) electrons. The first kappa shape index (κ1) is 13.4. The lowest BCUT2D eigenvalue weighted by molar-refractivity contribution is 0.0807. The van der Waals surface area contributed by atoms with Crippen molar-refractivity contribution in [2.24, 2.45) is 0 Å². The summed E-state index contributed by atoms with van der Waals surface area (Å²) < 4.78 is 13.4. The van der Waals surface area contributed by atoms with Crippen LogP contribution in [0.2, 0.25) is 0 Å². The number of furan rings is 1. The first-order valence-electron chi connectivity index (χ1n) is 7.75. The molecular weight excluding hydrogens is 308 g/mol. The van der Waals surface area contributed by atoms with Crippen LogP contribution in [0.3, 0.4) is 0 Å². The summed E-state index contributed by atoms with van der Waals surface area (Å²) in [6.45, 7) is 2.47. The zero-order valence-corrected chi connectivity index (χ0v) is 12.8. The van der Waals surface area contributed by atoms with Gasteiger partial charge in [-0.15, -0.1) is 10.2 Å². The smallest absolute Gasteiger partial charge is 0.196 e. The number of hydrogen-bond donors (Lipinski definition) is 1. The van der Waals surface area contributed by atoms with Crippen molar-refractivity contribution in [2.45, 2.75) is 19.7 Å². The predicted molar refractivity (Wildman–Crippen MR) is 86.3 cm³/mol.